The smallest absolute Gasteiger partial charge is 0.303 e. The monoisotopic (exact) mass is 320 g/mol. The van der Waals surface area contributed by atoms with E-state index in [9.17, 15) is 18.0 Å². The van der Waals surface area contributed by atoms with Crippen LogP contribution in [0.3, 0.4) is 0 Å². The van der Waals surface area contributed by atoms with Crippen LogP contribution in [0.4, 0.5) is 0 Å². The number of carboxylic acids is 1. The number of sulfone groups is 1. The van der Waals surface area contributed by atoms with Crippen molar-refractivity contribution in [1.82, 2.24) is 10.2 Å². The molecule has 1 fully saturated rings. The Morgan fingerprint density at radius 3 is 2.57 bits per heavy atom. The van der Waals surface area contributed by atoms with E-state index in [1.54, 1.807) is 4.90 Å². The minimum atomic E-state index is -3.06. The van der Waals surface area contributed by atoms with Gasteiger partial charge in [-0.15, -0.1) is 0 Å². The van der Waals surface area contributed by atoms with Crippen molar-refractivity contribution >= 4 is 21.7 Å². The Morgan fingerprint density at radius 1 is 1.38 bits per heavy atom. The topological polar surface area (TPSA) is 104 Å². The van der Waals surface area contributed by atoms with Crippen LogP contribution in [0.1, 0.15) is 33.1 Å². The molecule has 0 aromatic carbocycles. The van der Waals surface area contributed by atoms with Crippen LogP contribution in [0.25, 0.3) is 0 Å². The minimum absolute atomic E-state index is 0.0141. The van der Waals surface area contributed by atoms with Crippen molar-refractivity contribution in [2.24, 2.45) is 0 Å². The fourth-order valence-electron chi connectivity index (χ4n) is 2.40. The van der Waals surface area contributed by atoms with Crippen LogP contribution < -0.4 is 5.32 Å². The standard InChI is InChI=1S/C13H24N2O5S/c1-10(2)15(6-3-4-13(17)18)12(16)8-11-9-21(19,20)7-5-14-11/h10-11,14H,3-9H2,1-2H3,(H,17,18). The first kappa shape index (κ1) is 17.9. The number of hydrogen-bond acceptors (Lipinski definition) is 5. The molecule has 21 heavy (non-hydrogen) atoms. The van der Waals surface area contributed by atoms with Crippen molar-refractivity contribution in [3.05, 3.63) is 0 Å². The van der Waals surface area contributed by atoms with Gasteiger partial charge >= 0.3 is 5.97 Å². The second-order valence-corrected chi connectivity index (χ2v) is 7.88. The van der Waals surface area contributed by atoms with E-state index in [4.69, 9.17) is 5.11 Å². The normalized spacial score (nSPS) is 21.2. The van der Waals surface area contributed by atoms with E-state index >= 15 is 0 Å². The highest BCUT2D eigenvalue weighted by Crippen LogP contribution is 2.10. The summed E-state index contributed by atoms with van der Waals surface area (Å²) in [6.07, 6.45) is 0.548. The number of carboxylic acid groups (broad SMARTS) is 1. The Kier molecular flexibility index (Phi) is 6.60. The lowest BCUT2D eigenvalue weighted by atomic mass is 10.1. The molecule has 0 bridgehead atoms. The fourth-order valence-corrected chi connectivity index (χ4v) is 3.84. The average molecular weight is 320 g/mol. The van der Waals surface area contributed by atoms with Gasteiger partial charge in [0.1, 0.15) is 0 Å². The van der Waals surface area contributed by atoms with Crippen molar-refractivity contribution in [2.45, 2.75) is 45.2 Å². The molecule has 1 heterocycles. The zero-order valence-electron chi connectivity index (χ0n) is 12.5. The molecule has 122 valence electrons. The van der Waals surface area contributed by atoms with Gasteiger partial charge < -0.3 is 15.3 Å². The van der Waals surface area contributed by atoms with Crippen LogP contribution in [0.5, 0.6) is 0 Å². The van der Waals surface area contributed by atoms with E-state index in [0.717, 1.165) is 0 Å². The van der Waals surface area contributed by atoms with E-state index in [0.29, 0.717) is 19.5 Å². The van der Waals surface area contributed by atoms with Crippen molar-refractivity contribution in [3.63, 3.8) is 0 Å². The molecule has 0 spiro atoms. The Balaban J connectivity index is 2.54. The summed E-state index contributed by atoms with van der Waals surface area (Å²) in [6.45, 7) is 4.48. The highest BCUT2D eigenvalue weighted by atomic mass is 32.2. The van der Waals surface area contributed by atoms with E-state index in [2.05, 4.69) is 5.32 Å². The number of carbonyl (C=O) groups excluding carboxylic acids is 1. The van der Waals surface area contributed by atoms with Gasteiger partial charge in [0.2, 0.25) is 5.91 Å². The Labute approximate surface area is 125 Å². The molecular weight excluding hydrogens is 296 g/mol. The summed E-state index contributed by atoms with van der Waals surface area (Å²) in [4.78, 5) is 24.4. The van der Waals surface area contributed by atoms with Crippen LogP contribution in [0, 0.1) is 0 Å². The molecule has 1 aliphatic heterocycles. The molecule has 0 radical (unpaired) electrons. The van der Waals surface area contributed by atoms with Crippen LogP contribution in [-0.4, -0.2) is 67.0 Å². The maximum absolute atomic E-state index is 12.3. The molecule has 0 aromatic heterocycles. The van der Waals surface area contributed by atoms with Gasteiger partial charge in [-0.05, 0) is 20.3 Å². The zero-order valence-corrected chi connectivity index (χ0v) is 13.4. The van der Waals surface area contributed by atoms with E-state index in [1.807, 2.05) is 13.8 Å². The summed E-state index contributed by atoms with van der Waals surface area (Å²) in [5.41, 5.74) is 0. The van der Waals surface area contributed by atoms with Crippen molar-refractivity contribution in [1.29, 1.82) is 0 Å². The summed E-state index contributed by atoms with van der Waals surface area (Å²) in [5.74, 6) is -0.916. The maximum atomic E-state index is 12.3. The largest absolute Gasteiger partial charge is 0.481 e. The number of amides is 1. The molecule has 8 heteroatoms. The number of rotatable bonds is 7. The quantitative estimate of drug-likeness (QED) is 0.677. The number of carbonyl (C=O) groups is 2. The lowest BCUT2D eigenvalue weighted by Crippen LogP contribution is -2.49. The summed E-state index contributed by atoms with van der Waals surface area (Å²) in [5, 5.41) is 11.7. The SMILES string of the molecule is CC(C)N(CCCC(=O)O)C(=O)CC1CS(=O)(=O)CCN1. The molecule has 1 saturated heterocycles. The van der Waals surface area contributed by atoms with Gasteiger partial charge in [0.15, 0.2) is 9.84 Å². The molecule has 0 aliphatic carbocycles. The molecule has 0 aromatic rings. The van der Waals surface area contributed by atoms with Gasteiger partial charge in [-0.25, -0.2) is 8.42 Å². The predicted octanol–water partition coefficient (Wildman–Crippen LogP) is -0.135. The lowest BCUT2D eigenvalue weighted by Gasteiger charge is -2.30. The van der Waals surface area contributed by atoms with Gasteiger partial charge in [0.05, 0.1) is 11.5 Å². The van der Waals surface area contributed by atoms with Gasteiger partial charge in [0, 0.05) is 38.0 Å². The van der Waals surface area contributed by atoms with Gasteiger partial charge in [-0.3, -0.25) is 9.59 Å². The maximum Gasteiger partial charge on any atom is 0.303 e. The second-order valence-electron chi connectivity index (χ2n) is 5.65. The van der Waals surface area contributed by atoms with Crippen LogP contribution in [0.2, 0.25) is 0 Å². The zero-order chi connectivity index (χ0) is 16.0. The summed E-state index contributed by atoms with van der Waals surface area (Å²) >= 11 is 0. The fraction of sp³-hybridized carbons (Fsp3) is 0.846. The lowest BCUT2D eigenvalue weighted by molar-refractivity contribution is -0.138. The van der Waals surface area contributed by atoms with Gasteiger partial charge in [0.25, 0.3) is 0 Å². The molecule has 2 N–H and O–H groups in total. The van der Waals surface area contributed by atoms with Crippen LogP contribution >= 0.6 is 0 Å². The average Bonchev–Trinajstić information content (AvgIpc) is 2.32. The van der Waals surface area contributed by atoms with Crippen molar-refractivity contribution in [2.75, 3.05) is 24.6 Å². The van der Waals surface area contributed by atoms with E-state index in [-0.39, 0.29) is 42.3 Å². The molecular formula is C13H24N2O5S. The first-order chi connectivity index (χ1) is 9.71. The third kappa shape index (κ3) is 6.43. The molecule has 1 atom stereocenters. The second kappa shape index (κ2) is 7.74. The number of nitrogens with zero attached hydrogens (tertiary/aromatic N) is 1. The highest BCUT2D eigenvalue weighted by Gasteiger charge is 2.28. The Morgan fingerprint density at radius 2 is 2.05 bits per heavy atom. The number of nitrogens with one attached hydrogen (secondary N) is 1. The first-order valence-corrected chi connectivity index (χ1v) is 8.98. The molecule has 7 nitrogen and oxygen atoms in total. The minimum Gasteiger partial charge on any atom is -0.481 e. The van der Waals surface area contributed by atoms with Gasteiger partial charge in [-0.1, -0.05) is 0 Å². The number of hydrogen-bond donors (Lipinski definition) is 2. The van der Waals surface area contributed by atoms with Crippen molar-refractivity contribution in [3.8, 4) is 0 Å². The molecule has 1 rings (SSSR count). The molecule has 1 unspecified atom stereocenters. The summed E-state index contributed by atoms with van der Waals surface area (Å²) < 4.78 is 23.1. The molecule has 1 aliphatic rings. The molecule has 1 amide bonds. The summed E-state index contributed by atoms with van der Waals surface area (Å²) in [6, 6.07) is -0.386. The Hall–Kier alpha value is -1.15. The van der Waals surface area contributed by atoms with Crippen molar-refractivity contribution < 1.29 is 23.1 Å². The summed E-state index contributed by atoms with van der Waals surface area (Å²) in [7, 11) is -3.06. The highest BCUT2D eigenvalue weighted by molar-refractivity contribution is 7.91. The third-order valence-corrected chi connectivity index (χ3v) is 5.19. The van der Waals surface area contributed by atoms with E-state index < -0.39 is 15.8 Å². The number of aliphatic carboxylic acids is 1. The van der Waals surface area contributed by atoms with E-state index in [1.165, 1.54) is 0 Å². The predicted molar refractivity (Wildman–Crippen MR) is 78.8 cm³/mol. The Bertz CT molecular complexity index is 475. The van der Waals surface area contributed by atoms with Crippen LogP contribution in [-0.2, 0) is 19.4 Å². The third-order valence-electron chi connectivity index (χ3n) is 3.46. The van der Waals surface area contributed by atoms with Gasteiger partial charge in [-0.2, -0.15) is 0 Å². The first-order valence-electron chi connectivity index (χ1n) is 7.16. The van der Waals surface area contributed by atoms with Crippen LogP contribution in [0.15, 0.2) is 0 Å². The molecule has 0 saturated carbocycles.